The van der Waals surface area contributed by atoms with E-state index in [-0.39, 0.29) is 48.5 Å². The van der Waals surface area contributed by atoms with E-state index in [0.717, 1.165) is 105 Å². The lowest BCUT2D eigenvalue weighted by Gasteiger charge is -2.13. The number of benzene rings is 4. The van der Waals surface area contributed by atoms with E-state index >= 15 is 0 Å². The molecule has 0 unspecified atom stereocenters. The Morgan fingerprint density at radius 3 is 1.44 bits per heavy atom. The van der Waals surface area contributed by atoms with Gasteiger partial charge in [0.25, 0.3) is 0 Å². The summed E-state index contributed by atoms with van der Waals surface area (Å²) in [6.07, 6.45) is 4.08. The second-order valence-corrected chi connectivity index (χ2v) is 14.0. The van der Waals surface area contributed by atoms with E-state index in [1.165, 1.54) is 0 Å². The average molecular weight is 701 g/mol. The third kappa shape index (κ3) is 5.76. The van der Waals surface area contributed by atoms with E-state index in [0.29, 0.717) is 24.3 Å². The number of Topliss-reactive ketones (excluding diaryl/α,β-unsaturated/α-hetero) is 2. The number of hydrogen-bond acceptors (Lipinski definition) is 6. The Balaban J connectivity index is 0.000000138. The van der Waals surface area contributed by atoms with Crippen molar-refractivity contribution < 1.29 is 27.8 Å². The van der Waals surface area contributed by atoms with E-state index in [1.54, 1.807) is 12.1 Å². The first kappa shape index (κ1) is 32.9. The number of rotatable bonds is 4. The zero-order valence-corrected chi connectivity index (χ0v) is 28.5. The van der Waals surface area contributed by atoms with Gasteiger partial charge in [0.2, 0.25) is 0 Å². The molecule has 2 saturated heterocycles. The van der Waals surface area contributed by atoms with Crippen LogP contribution in [0.2, 0.25) is 0 Å². The molecule has 52 heavy (non-hydrogen) atoms. The summed E-state index contributed by atoms with van der Waals surface area (Å²) in [4.78, 5) is 31.3. The predicted molar refractivity (Wildman–Crippen MR) is 195 cm³/mol. The predicted octanol–water partition coefficient (Wildman–Crippen LogP) is 8.22. The van der Waals surface area contributed by atoms with Gasteiger partial charge in [0, 0.05) is 78.4 Å². The van der Waals surface area contributed by atoms with E-state index < -0.39 is 0 Å². The van der Waals surface area contributed by atoms with Crippen molar-refractivity contribution in [3.63, 3.8) is 0 Å². The highest BCUT2D eigenvalue weighted by molar-refractivity contribution is 6.12. The molecule has 0 saturated carbocycles. The lowest BCUT2D eigenvalue weighted by molar-refractivity contribution is 0.0738. The summed E-state index contributed by atoms with van der Waals surface area (Å²) in [5, 5.41) is 8.47. The summed E-state index contributed by atoms with van der Waals surface area (Å²) >= 11 is 0. The molecule has 4 aliphatic rings. The van der Waals surface area contributed by atoms with Crippen molar-refractivity contribution >= 4 is 33.4 Å². The number of carbonyl (C=O) groups is 2. The van der Waals surface area contributed by atoms with Crippen molar-refractivity contribution in [3.05, 3.63) is 118 Å². The Morgan fingerprint density at radius 1 is 0.577 bits per heavy atom. The molecule has 0 spiro atoms. The summed E-state index contributed by atoms with van der Waals surface area (Å²) in [6.45, 7) is 2.71. The van der Waals surface area contributed by atoms with Crippen LogP contribution < -0.4 is 10.6 Å². The molecule has 0 radical (unpaired) electrons. The third-order valence-corrected chi connectivity index (χ3v) is 10.9. The minimum Gasteiger partial charge on any atom is -0.369 e. The van der Waals surface area contributed by atoms with Gasteiger partial charge < -0.3 is 30.1 Å². The topological polar surface area (TPSA) is 108 Å². The van der Waals surface area contributed by atoms with Crippen LogP contribution in [0.1, 0.15) is 80.7 Å². The molecule has 2 fully saturated rings. The van der Waals surface area contributed by atoms with Crippen molar-refractivity contribution in [2.45, 2.75) is 51.0 Å². The first-order valence-electron chi connectivity index (χ1n) is 18.0. The fourth-order valence-corrected chi connectivity index (χ4v) is 8.36. The monoisotopic (exact) mass is 700 g/mol. The molecule has 8 nitrogen and oxygen atoms in total. The number of aromatic amines is 2. The molecule has 6 heterocycles. The van der Waals surface area contributed by atoms with Gasteiger partial charge in [-0.3, -0.25) is 9.59 Å². The van der Waals surface area contributed by atoms with Gasteiger partial charge in [-0.2, -0.15) is 0 Å². The molecule has 0 aliphatic carbocycles. The largest absolute Gasteiger partial charge is 0.369 e. The second kappa shape index (κ2) is 13.5. The van der Waals surface area contributed by atoms with Crippen LogP contribution in [-0.2, 0) is 22.7 Å². The van der Waals surface area contributed by atoms with Crippen LogP contribution >= 0.6 is 0 Å². The highest BCUT2D eigenvalue weighted by Crippen LogP contribution is 2.38. The van der Waals surface area contributed by atoms with Crippen molar-refractivity contribution in [2.75, 3.05) is 26.3 Å². The molecule has 10 rings (SSSR count). The van der Waals surface area contributed by atoms with Gasteiger partial charge in [0.15, 0.2) is 11.6 Å². The quantitative estimate of drug-likeness (QED) is 0.148. The SMILES string of the molecule is O=C1COCc2c(-c3ccc([C@@H]4CCCN4)c(F)c3)[nH]c3cccc1c23.O=C1COCc2c(-c3ccc([C@H]4CCCN4)c(F)c3)[nH]c3cccc1c23. The molecule has 0 bridgehead atoms. The molecule has 10 heteroatoms. The molecule has 0 amide bonds. The van der Waals surface area contributed by atoms with Crippen molar-refractivity contribution in [2.24, 2.45) is 0 Å². The van der Waals surface area contributed by atoms with Gasteiger partial charge >= 0.3 is 0 Å². The van der Waals surface area contributed by atoms with Gasteiger partial charge in [-0.05, 0) is 63.0 Å². The number of aromatic nitrogens is 2. The molecular formula is C42H38F2N4O4. The van der Waals surface area contributed by atoms with Crippen LogP contribution in [0.3, 0.4) is 0 Å². The van der Waals surface area contributed by atoms with Gasteiger partial charge in [0.05, 0.1) is 24.6 Å². The molecule has 4 aliphatic heterocycles. The maximum Gasteiger partial charge on any atom is 0.189 e. The number of ketones is 2. The van der Waals surface area contributed by atoms with E-state index in [2.05, 4.69) is 20.6 Å². The third-order valence-electron chi connectivity index (χ3n) is 10.9. The van der Waals surface area contributed by atoms with Crippen LogP contribution in [0.15, 0.2) is 72.8 Å². The van der Waals surface area contributed by atoms with Crippen molar-refractivity contribution in [3.8, 4) is 22.5 Å². The summed E-state index contributed by atoms with van der Waals surface area (Å²) in [7, 11) is 0. The van der Waals surface area contributed by atoms with Crippen molar-refractivity contribution in [1.29, 1.82) is 0 Å². The second-order valence-electron chi connectivity index (χ2n) is 14.0. The minimum atomic E-state index is -0.196. The van der Waals surface area contributed by atoms with Crippen LogP contribution in [0.4, 0.5) is 8.78 Å². The van der Waals surface area contributed by atoms with E-state index in [4.69, 9.17) is 9.47 Å². The Kier molecular flexibility index (Phi) is 8.55. The number of ether oxygens (including phenoxy) is 2. The average Bonchev–Trinajstić information content (AvgIpc) is 3.96. The first-order valence-corrected chi connectivity index (χ1v) is 18.0. The number of hydrogen-bond donors (Lipinski definition) is 4. The van der Waals surface area contributed by atoms with Crippen LogP contribution in [0, 0.1) is 11.6 Å². The lowest BCUT2D eigenvalue weighted by Crippen LogP contribution is -2.14. The molecule has 4 aromatic carbocycles. The maximum absolute atomic E-state index is 14.8. The highest BCUT2D eigenvalue weighted by Gasteiger charge is 2.26. The minimum absolute atomic E-state index is 0.0197. The van der Waals surface area contributed by atoms with Crippen LogP contribution in [0.25, 0.3) is 44.3 Å². The smallest absolute Gasteiger partial charge is 0.189 e. The standard InChI is InChI=1S/2C21H19FN2O2/c2*22-16-9-12(6-7-13(16)17-5-2-8-23-17)21-15-10-26-11-19(25)14-3-1-4-18(24-21)20(14)15/h2*1,3-4,6-7,9,17,23-24H,2,5,8,10-11H2/t2*17-/m10/s1. The lowest BCUT2D eigenvalue weighted by atomic mass is 9.98. The van der Waals surface area contributed by atoms with E-state index in [9.17, 15) is 18.4 Å². The fourth-order valence-electron chi connectivity index (χ4n) is 8.36. The zero-order chi connectivity index (χ0) is 35.3. The number of carbonyl (C=O) groups excluding carboxylic acids is 2. The first-order chi connectivity index (χ1) is 25.4. The highest BCUT2D eigenvalue weighted by atomic mass is 19.1. The Bertz CT molecular complexity index is 2200. The van der Waals surface area contributed by atoms with E-state index in [1.807, 2.05) is 60.7 Å². The Labute approximate surface area is 298 Å². The molecule has 264 valence electrons. The number of H-pyrrole nitrogens is 2. The normalized spacial score (nSPS) is 19.9. The number of halogens is 2. The maximum atomic E-state index is 14.8. The summed E-state index contributed by atoms with van der Waals surface area (Å²) in [6, 6.07) is 22.3. The zero-order valence-electron chi connectivity index (χ0n) is 28.5. The summed E-state index contributed by atoms with van der Waals surface area (Å²) < 4.78 is 40.7. The molecule has 2 aromatic heterocycles. The molecule has 2 atom stereocenters. The van der Waals surface area contributed by atoms with Crippen molar-refractivity contribution in [1.82, 2.24) is 20.6 Å². The summed E-state index contributed by atoms with van der Waals surface area (Å²) in [5.74, 6) is -0.431. The molecular weight excluding hydrogens is 662 g/mol. The summed E-state index contributed by atoms with van der Waals surface area (Å²) in [5.41, 5.74) is 9.61. The van der Waals surface area contributed by atoms with Gasteiger partial charge in [-0.25, -0.2) is 8.78 Å². The Hall–Kier alpha value is -5.00. The molecule has 6 aromatic rings. The number of nitrogens with one attached hydrogen (secondary N) is 4. The Morgan fingerprint density at radius 2 is 1.04 bits per heavy atom. The molecule has 4 N–H and O–H groups in total. The van der Waals surface area contributed by atoms with Crippen LogP contribution in [0.5, 0.6) is 0 Å². The fraction of sp³-hybridized carbons (Fsp3) is 0.286. The van der Waals surface area contributed by atoms with Crippen LogP contribution in [-0.4, -0.2) is 47.8 Å². The van der Waals surface area contributed by atoms with Gasteiger partial charge in [-0.15, -0.1) is 0 Å². The van der Waals surface area contributed by atoms with Gasteiger partial charge in [-0.1, -0.05) is 48.5 Å². The van der Waals surface area contributed by atoms with Gasteiger partial charge in [0.1, 0.15) is 24.8 Å².